The SMILES string of the molecule is COc1ccc(-c2nc(NC(=O)c3ccc(CSc4nc(C)cs4)cc3)n[nH]2)c(OC)c1. The van der Waals surface area contributed by atoms with Gasteiger partial charge in [0.05, 0.1) is 19.8 Å². The maximum Gasteiger partial charge on any atom is 0.258 e. The molecule has 0 aliphatic carbocycles. The summed E-state index contributed by atoms with van der Waals surface area (Å²) in [6.45, 7) is 1.98. The summed E-state index contributed by atoms with van der Waals surface area (Å²) in [5.41, 5.74) is 3.38. The van der Waals surface area contributed by atoms with Gasteiger partial charge in [-0.05, 0) is 36.8 Å². The van der Waals surface area contributed by atoms with Gasteiger partial charge in [0.1, 0.15) is 15.8 Å². The van der Waals surface area contributed by atoms with Crippen molar-refractivity contribution in [3.63, 3.8) is 0 Å². The van der Waals surface area contributed by atoms with Crippen LogP contribution in [0.5, 0.6) is 11.5 Å². The smallest absolute Gasteiger partial charge is 0.258 e. The van der Waals surface area contributed by atoms with Gasteiger partial charge in [-0.15, -0.1) is 16.4 Å². The van der Waals surface area contributed by atoms with E-state index < -0.39 is 0 Å². The molecular formula is C22H21N5O3S2. The van der Waals surface area contributed by atoms with E-state index in [4.69, 9.17) is 9.47 Å². The summed E-state index contributed by atoms with van der Waals surface area (Å²) in [5.74, 6) is 2.42. The Morgan fingerprint density at radius 1 is 1.12 bits per heavy atom. The number of aromatic amines is 1. The van der Waals surface area contributed by atoms with E-state index in [1.54, 1.807) is 61.6 Å². The number of carbonyl (C=O) groups excluding carboxylic acids is 1. The minimum atomic E-state index is -0.285. The Morgan fingerprint density at radius 3 is 2.62 bits per heavy atom. The number of ether oxygens (including phenoxy) is 2. The molecule has 4 rings (SSSR count). The maximum atomic E-state index is 12.6. The lowest BCUT2D eigenvalue weighted by molar-refractivity contribution is 0.102. The number of rotatable bonds is 8. The number of benzene rings is 2. The van der Waals surface area contributed by atoms with Gasteiger partial charge in [0.15, 0.2) is 5.82 Å². The average molecular weight is 468 g/mol. The molecule has 8 nitrogen and oxygen atoms in total. The van der Waals surface area contributed by atoms with Crippen LogP contribution >= 0.6 is 23.1 Å². The van der Waals surface area contributed by atoms with Crippen LogP contribution in [0.2, 0.25) is 0 Å². The standard InChI is InChI=1S/C22H21N5O3S2/c1-13-11-31-22(23-13)32-12-14-4-6-15(7-5-14)20(28)25-21-24-19(26-27-21)17-9-8-16(29-2)10-18(17)30-3/h4-11H,12H2,1-3H3,(H2,24,25,26,27,28). The topological polar surface area (TPSA) is 102 Å². The second-order valence-corrected chi connectivity index (χ2v) is 8.85. The lowest BCUT2D eigenvalue weighted by atomic mass is 10.1. The van der Waals surface area contributed by atoms with Gasteiger partial charge in [0.2, 0.25) is 5.95 Å². The predicted octanol–water partition coefficient (Wildman–Crippen LogP) is 4.80. The number of amides is 1. The van der Waals surface area contributed by atoms with Gasteiger partial charge in [-0.3, -0.25) is 15.2 Å². The van der Waals surface area contributed by atoms with Crippen molar-refractivity contribution in [2.45, 2.75) is 17.0 Å². The van der Waals surface area contributed by atoms with E-state index in [1.807, 2.05) is 30.5 Å². The second kappa shape index (κ2) is 9.84. The number of hydrogen-bond acceptors (Lipinski definition) is 8. The van der Waals surface area contributed by atoms with Gasteiger partial charge in [-0.25, -0.2) is 4.98 Å². The molecule has 0 radical (unpaired) electrons. The molecule has 0 aliphatic rings. The highest BCUT2D eigenvalue weighted by Gasteiger charge is 2.14. The molecule has 4 aromatic rings. The highest BCUT2D eigenvalue weighted by molar-refractivity contribution is 8.00. The van der Waals surface area contributed by atoms with E-state index in [9.17, 15) is 4.79 Å². The van der Waals surface area contributed by atoms with Gasteiger partial charge >= 0.3 is 0 Å². The number of nitrogens with one attached hydrogen (secondary N) is 2. The van der Waals surface area contributed by atoms with Crippen molar-refractivity contribution < 1.29 is 14.3 Å². The molecule has 0 saturated heterocycles. The molecule has 0 atom stereocenters. The number of hydrogen-bond donors (Lipinski definition) is 2. The van der Waals surface area contributed by atoms with E-state index >= 15 is 0 Å². The first-order valence-corrected chi connectivity index (χ1v) is 11.5. The minimum Gasteiger partial charge on any atom is -0.497 e. The molecule has 10 heteroatoms. The van der Waals surface area contributed by atoms with Crippen LogP contribution < -0.4 is 14.8 Å². The Bertz CT molecular complexity index is 1220. The first kappa shape index (κ1) is 21.8. The van der Waals surface area contributed by atoms with Crippen LogP contribution in [0.4, 0.5) is 5.95 Å². The second-order valence-electron chi connectivity index (χ2n) is 6.77. The Kier molecular flexibility index (Phi) is 6.72. The molecule has 2 aromatic heterocycles. The molecule has 2 heterocycles. The summed E-state index contributed by atoms with van der Waals surface area (Å²) in [4.78, 5) is 21.4. The molecule has 0 bridgehead atoms. The Hall–Kier alpha value is -3.37. The number of thioether (sulfide) groups is 1. The highest BCUT2D eigenvalue weighted by Crippen LogP contribution is 2.31. The van der Waals surface area contributed by atoms with Crippen molar-refractivity contribution in [1.29, 1.82) is 0 Å². The first-order valence-electron chi connectivity index (χ1n) is 9.65. The summed E-state index contributed by atoms with van der Waals surface area (Å²) in [6, 6.07) is 12.8. The predicted molar refractivity (Wildman–Crippen MR) is 126 cm³/mol. The van der Waals surface area contributed by atoms with Crippen LogP contribution in [0.3, 0.4) is 0 Å². The Balaban J connectivity index is 1.40. The fraction of sp³-hybridized carbons (Fsp3) is 0.182. The van der Waals surface area contributed by atoms with Crippen LogP contribution in [-0.2, 0) is 5.75 Å². The van der Waals surface area contributed by atoms with Gasteiger partial charge in [-0.1, -0.05) is 23.9 Å². The van der Waals surface area contributed by atoms with Crippen molar-refractivity contribution in [1.82, 2.24) is 20.2 Å². The third kappa shape index (κ3) is 5.09. The van der Waals surface area contributed by atoms with Crippen LogP contribution in [0.1, 0.15) is 21.6 Å². The molecule has 164 valence electrons. The Morgan fingerprint density at radius 2 is 1.94 bits per heavy atom. The van der Waals surface area contributed by atoms with Crippen LogP contribution in [0.25, 0.3) is 11.4 Å². The molecule has 1 amide bonds. The molecule has 0 aliphatic heterocycles. The maximum absolute atomic E-state index is 12.6. The van der Waals surface area contributed by atoms with Crippen molar-refractivity contribution >= 4 is 35.0 Å². The van der Waals surface area contributed by atoms with Crippen molar-refractivity contribution in [3.05, 3.63) is 64.7 Å². The zero-order valence-corrected chi connectivity index (χ0v) is 19.3. The monoisotopic (exact) mass is 467 g/mol. The number of thiazole rings is 1. The van der Waals surface area contributed by atoms with E-state index in [0.29, 0.717) is 28.5 Å². The largest absolute Gasteiger partial charge is 0.497 e. The molecule has 32 heavy (non-hydrogen) atoms. The van der Waals surface area contributed by atoms with Crippen LogP contribution in [0.15, 0.2) is 52.2 Å². The molecule has 0 saturated carbocycles. The van der Waals surface area contributed by atoms with Gasteiger partial charge in [0, 0.05) is 28.5 Å². The number of nitrogens with zero attached hydrogens (tertiary/aromatic N) is 3. The number of aromatic nitrogens is 4. The molecule has 0 unspecified atom stereocenters. The van der Waals surface area contributed by atoms with Gasteiger partial charge in [-0.2, -0.15) is 4.98 Å². The van der Waals surface area contributed by atoms with E-state index in [0.717, 1.165) is 21.3 Å². The normalized spacial score (nSPS) is 10.7. The van der Waals surface area contributed by atoms with E-state index in [2.05, 4.69) is 25.5 Å². The molecule has 0 spiro atoms. The number of aryl methyl sites for hydroxylation is 1. The number of methoxy groups -OCH3 is 2. The van der Waals surface area contributed by atoms with Crippen LogP contribution in [0, 0.1) is 6.92 Å². The first-order chi connectivity index (χ1) is 15.6. The minimum absolute atomic E-state index is 0.182. The lowest BCUT2D eigenvalue weighted by Crippen LogP contribution is -2.13. The van der Waals surface area contributed by atoms with Crippen molar-refractivity contribution in [2.24, 2.45) is 0 Å². The zero-order valence-electron chi connectivity index (χ0n) is 17.7. The summed E-state index contributed by atoms with van der Waals surface area (Å²) in [5, 5.41) is 11.7. The third-order valence-corrected chi connectivity index (χ3v) is 6.76. The fourth-order valence-corrected chi connectivity index (χ4v) is 4.71. The third-order valence-electron chi connectivity index (χ3n) is 4.55. The summed E-state index contributed by atoms with van der Waals surface area (Å²) in [7, 11) is 3.15. The lowest BCUT2D eigenvalue weighted by Gasteiger charge is -2.07. The van der Waals surface area contributed by atoms with Crippen molar-refractivity contribution in [2.75, 3.05) is 19.5 Å². The highest BCUT2D eigenvalue weighted by atomic mass is 32.2. The summed E-state index contributed by atoms with van der Waals surface area (Å²) in [6.07, 6.45) is 0. The van der Waals surface area contributed by atoms with E-state index in [1.165, 1.54) is 0 Å². The molecule has 2 aromatic carbocycles. The number of anilines is 1. The van der Waals surface area contributed by atoms with Gasteiger partial charge in [0.25, 0.3) is 5.91 Å². The van der Waals surface area contributed by atoms with Crippen LogP contribution in [-0.4, -0.2) is 40.3 Å². The number of carbonyl (C=O) groups is 1. The molecule has 0 fully saturated rings. The molecular weight excluding hydrogens is 446 g/mol. The summed E-state index contributed by atoms with van der Waals surface area (Å²) >= 11 is 3.32. The quantitative estimate of drug-likeness (QED) is 0.359. The fourth-order valence-electron chi connectivity index (χ4n) is 2.90. The van der Waals surface area contributed by atoms with Gasteiger partial charge < -0.3 is 9.47 Å². The van der Waals surface area contributed by atoms with E-state index in [-0.39, 0.29) is 11.9 Å². The summed E-state index contributed by atoms with van der Waals surface area (Å²) < 4.78 is 11.7. The Labute approximate surface area is 193 Å². The molecule has 2 N–H and O–H groups in total. The zero-order chi connectivity index (χ0) is 22.5. The number of H-pyrrole nitrogens is 1. The average Bonchev–Trinajstić information content (AvgIpc) is 3.46. The van der Waals surface area contributed by atoms with Crippen molar-refractivity contribution in [3.8, 4) is 22.9 Å².